The molecule has 0 bridgehead atoms. The molecule has 0 N–H and O–H groups in total. The smallest absolute Gasteiger partial charge is 0.251 e. The van der Waals surface area contributed by atoms with Crippen molar-refractivity contribution in [3.05, 3.63) is 86.6 Å². The minimum Gasteiger partial charge on any atom is -0.496 e. The fourth-order valence-electron chi connectivity index (χ4n) is 3.53. The standard InChI is InChI=1S/C24H19Cl2NO2/c1-14-4-6-15(7-5-14)17-12-24(28)27(2)22-13-23(29-3)20(11-19(17)22)18-10-16(25)8-9-21(18)26/h4-13H,1-3H3. The van der Waals surface area contributed by atoms with E-state index < -0.39 is 0 Å². The maximum atomic E-state index is 12.6. The number of nitrogens with zero attached hydrogens (tertiary/aromatic N) is 1. The van der Waals surface area contributed by atoms with Crippen molar-refractivity contribution in [1.82, 2.24) is 4.57 Å². The monoisotopic (exact) mass is 423 g/mol. The van der Waals surface area contributed by atoms with Crippen LogP contribution in [0, 0.1) is 6.92 Å². The van der Waals surface area contributed by atoms with Crippen molar-refractivity contribution in [2.24, 2.45) is 7.05 Å². The van der Waals surface area contributed by atoms with Gasteiger partial charge >= 0.3 is 0 Å². The van der Waals surface area contributed by atoms with Crippen molar-refractivity contribution >= 4 is 34.1 Å². The number of halogens is 2. The van der Waals surface area contributed by atoms with Gasteiger partial charge in [-0.1, -0.05) is 53.0 Å². The molecule has 0 spiro atoms. The first-order valence-corrected chi connectivity index (χ1v) is 9.89. The topological polar surface area (TPSA) is 31.2 Å². The summed E-state index contributed by atoms with van der Waals surface area (Å²) in [7, 11) is 3.36. The Balaban J connectivity index is 2.10. The normalized spacial score (nSPS) is 11.1. The molecule has 0 aliphatic heterocycles. The van der Waals surface area contributed by atoms with Gasteiger partial charge in [-0.05, 0) is 42.3 Å². The minimum absolute atomic E-state index is 0.0799. The van der Waals surface area contributed by atoms with E-state index in [0.29, 0.717) is 15.8 Å². The van der Waals surface area contributed by atoms with Crippen molar-refractivity contribution in [1.29, 1.82) is 0 Å². The van der Waals surface area contributed by atoms with Gasteiger partial charge in [-0.2, -0.15) is 0 Å². The quantitative estimate of drug-likeness (QED) is 0.376. The third-order valence-electron chi connectivity index (χ3n) is 5.15. The molecule has 4 rings (SSSR count). The van der Waals surface area contributed by atoms with Gasteiger partial charge in [-0.25, -0.2) is 0 Å². The number of ether oxygens (including phenoxy) is 1. The lowest BCUT2D eigenvalue weighted by atomic mass is 9.96. The number of benzene rings is 3. The van der Waals surface area contributed by atoms with Crippen molar-refractivity contribution in [3.63, 3.8) is 0 Å². The average molecular weight is 424 g/mol. The molecule has 0 atom stereocenters. The Morgan fingerprint density at radius 3 is 2.28 bits per heavy atom. The highest BCUT2D eigenvalue weighted by Crippen LogP contribution is 2.40. The molecule has 4 aromatic rings. The molecule has 3 nitrogen and oxygen atoms in total. The van der Waals surface area contributed by atoms with Crippen LogP contribution in [0.3, 0.4) is 0 Å². The van der Waals surface area contributed by atoms with Gasteiger partial charge in [0.25, 0.3) is 5.56 Å². The second-order valence-corrected chi connectivity index (χ2v) is 7.86. The summed E-state index contributed by atoms with van der Waals surface area (Å²) in [5.74, 6) is 0.623. The lowest BCUT2D eigenvalue weighted by Crippen LogP contribution is -2.16. The summed E-state index contributed by atoms with van der Waals surface area (Å²) in [5, 5.41) is 2.10. The third-order valence-corrected chi connectivity index (χ3v) is 5.71. The molecular weight excluding hydrogens is 405 g/mol. The molecule has 5 heteroatoms. The van der Waals surface area contributed by atoms with Crippen molar-refractivity contribution < 1.29 is 4.74 Å². The maximum absolute atomic E-state index is 12.6. The molecule has 3 aromatic carbocycles. The number of aromatic nitrogens is 1. The largest absolute Gasteiger partial charge is 0.496 e. The second-order valence-electron chi connectivity index (χ2n) is 7.02. The fourth-order valence-corrected chi connectivity index (χ4v) is 3.93. The van der Waals surface area contributed by atoms with Crippen molar-refractivity contribution in [2.45, 2.75) is 6.92 Å². The summed E-state index contributed by atoms with van der Waals surface area (Å²) in [4.78, 5) is 12.6. The van der Waals surface area contributed by atoms with Gasteiger partial charge in [0, 0.05) is 45.7 Å². The zero-order valence-corrected chi connectivity index (χ0v) is 17.8. The van der Waals surface area contributed by atoms with E-state index in [1.807, 2.05) is 49.4 Å². The van der Waals surface area contributed by atoms with E-state index in [1.54, 1.807) is 36.9 Å². The molecule has 0 aliphatic rings. The van der Waals surface area contributed by atoms with Crippen LogP contribution in [-0.4, -0.2) is 11.7 Å². The number of pyridine rings is 1. The van der Waals surface area contributed by atoms with Crippen LogP contribution in [0.5, 0.6) is 5.75 Å². The highest BCUT2D eigenvalue weighted by atomic mass is 35.5. The number of hydrogen-bond acceptors (Lipinski definition) is 2. The van der Waals surface area contributed by atoms with Gasteiger partial charge in [-0.15, -0.1) is 0 Å². The summed E-state index contributed by atoms with van der Waals surface area (Å²) in [6, 6.07) is 19.0. The Morgan fingerprint density at radius 1 is 0.862 bits per heavy atom. The summed E-state index contributed by atoms with van der Waals surface area (Å²) in [6.07, 6.45) is 0. The molecule has 1 heterocycles. The van der Waals surface area contributed by atoms with Gasteiger partial charge in [0.2, 0.25) is 0 Å². The molecule has 0 unspecified atom stereocenters. The van der Waals surface area contributed by atoms with Crippen molar-refractivity contribution in [2.75, 3.05) is 7.11 Å². The number of methoxy groups -OCH3 is 1. The third kappa shape index (κ3) is 3.52. The summed E-state index contributed by atoms with van der Waals surface area (Å²) in [6.45, 7) is 2.04. The van der Waals surface area contributed by atoms with Crippen LogP contribution in [0.15, 0.2) is 65.5 Å². The van der Waals surface area contributed by atoms with Crippen LogP contribution in [-0.2, 0) is 7.05 Å². The Bertz CT molecular complexity index is 1290. The van der Waals surface area contributed by atoms with E-state index in [-0.39, 0.29) is 5.56 Å². The summed E-state index contributed by atoms with van der Waals surface area (Å²) < 4.78 is 7.27. The predicted molar refractivity (Wildman–Crippen MR) is 121 cm³/mol. The second kappa shape index (κ2) is 7.58. The van der Waals surface area contributed by atoms with Crippen LogP contribution in [0.1, 0.15) is 5.56 Å². The molecule has 29 heavy (non-hydrogen) atoms. The van der Waals surface area contributed by atoms with Crippen LogP contribution < -0.4 is 10.3 Å². The van der Waals surface area contributed by atoms with Gasteiger partial charge < -0.3 is 9.30 Å². The van der Waals surface area contributed by atoms with E-state index in [0.717, 1.165) is 38.7 Å². The van der Waals surface area contributed by atoms with Crippen LogP contribution in [0.25, 0.3) is 33.2 Å². The number of aryl methyl sites for hydroxylation is 2. The van der Waals surface area contributed by atoms with Crippen molar-refractivity contribution in [3.8, 4) is 28.0 Å². The number of fused-ring (bicyclic) bond motifs is 1. The number of hydrogen-bond donors (Lipinski definition) is 0. The summed E-state index contributed by atoms with van der Waals surface area (Å²) in [5.41, 5.74) is 5.31. The van der Waals surface area contributed by atoms with E-state index >= 15 is 0 Å². The van der Waals surface area contributed by atoms with Crippen LogP contribution in [0.2, 0.25) is 10.0 Å². The van der Waals surface area contributed by atoms with Crippen LogP contribution in [0.4, 0.5) is 0 Å². The molecular formula is C24H19Cl2NO2. The van der Waals surface area contributed by atoms with E-state index in [1.165, 1.54) is 0 Å². The molecule has 0 aliphatic carbocycles. The van der Waals surface area contributed by atoms with E-state index in [4.69, 9.17) is 27.9 Å². The predicted octanol–water partition coefficient (Wildman–Crippen LogP) is 6.50. The first-order valence-electron chi connectivity index (χ1n) is 9.13. The Kier molecular flexibility index (Phi) is 5.12. The highest BCUT2D eigenvalue weighted by Gasteiger charge is 2.16. The molecule has 0 fully saturated rings. The first-order chi connectivity index (χ1) is 13.9. The van der Waals surface area contributed by atoms with Gasteiger partial charge in [0.05, 0.1) is 12.6 Å². The first kappa shape index (κ1) is 19.6. The average Bonchev–Trinajstić information content (AvgIpc) is 2.72. The Hall–Kier alpha value is -2.75. The van der Waals surface area contributed by atoms with E-state index in [9.17, 15) is 4.79 Å². The lowest BCUT2D eigenvalue weighted by molar-refractivity contribution is 0.417. The Morgan fingerprint density at radius 2 is 1.59 bits per heavy atom. The van der Waals surface area contributed by atoms with Crippen LogP contribution >= 0.6 is 23.2 Å². The SMILES string of the molecule is COc1cc2c(cc1-c1cc(Cl)ccc1Cl)c(-c1ccc(C)cc1)cc(=O)n2C. The Labute approximate surface area is 179 Å². The molecule has 0 radical (unpaired) electrons. The van der Waals surface area contributed by atoms with E-state index in [2.05, 4.69) is 0 Å². The maximum Gasteiger partial charge on any atom is 0.251 e. The molecule has 1 aromatic heterocycles. The molecule has 146 valence electrons. The zero-order chi connectivity index (χ0) is 20.7. The van der Waals surface area contributed by atoms with Gasteiger partial charge in [-0.3, -0.25) is 4.79 Å². The highest BCUT2D eigenvalue weighted by molar-refractivity contribution is 6.35. The zero-order valence-electron chi connectivity index (χ0n) is 16.3. The summed E-state index contributed by atoms with van der Waals surface area (Å²) >= 11 is 12.7. The van der Waals surface area contributed by atoms with Gasteiger partial charge in [0.1, 0.15) is 5.75 Å². The number of rotatable bonds is 3. The molecule has 0 saturated heterocycles. The molecule has 0 amide bonds. The lowest BCUT2D eigenvalue weighted by Gasteiger charge is -2.16. The van der Waals surface area contributed by atoms with Gasteiger partial charge in [0.15, 0.2) is 0 Å². The fraction of sp³-hybridized carbons (Fsp3) is 0.125. The minimum atomic E-state index is -0.0799. The molecule has 0 saturated carbocycles.